The molecule has 7 heteroatoms. The molecule has 3 rings (SSSR count). The van der Waals surface area contributed by atoms with Gasteiger partial charge in [-0.1, -0.05) is 6.58 Å². The van der Waals surface area contributed by atoms with Crippen molar-refractivity contribution < 1.29 is 9.18 Å². The number of hydrogen-bond acceptors (Lipinski definition) is 5. The Morgan fingerprint density at radius 3 is 2.74 bits per heavy atom. The van der Waals surface area contributed by atoms with Gasteiger partial charge in [0, 0.05) is 22.6 Å². The Kier molecular flexibility index (Phi) is 4.20. The Bertz CT molecular complexity index is 795. The molecule has 0 fully saturated rings. The molecule has 118 valence electrons. The predicted molar refractivity (Wildman–Crippen MR) is 89.8 cm³/mol. The van der Waals surface area contributed by atoms with Gasteiger partial charge in [0.2, 0.25) is 0 Å². The van der Waals surface area contributed by atoms with E-state index in [4.69, 9.17) is 0 Å². The smallest absolute Gasteiger partial charge is 0.273 e. The van der Waals surface area contributed by atoms with Crippen molar-refractivity contribution in [1.29, 1.82) is 0 Å². The fraction of sp³-hybridized carbons (Fsp3) is 0.188. The number of hydrazone groups is 1. The van der Waals surface area contributed by atoms with Gasteiger partial charge in [-0.25, -0.2) is 9.37 Å². The molecule has 23 heavy (non-hydrogen) atoms. The van der Waals surface area contributed by atoms with Crippen molar-refractivity contribution in [1.82, 2.24) is 10.4 Å². The lowest BCUT2D eigenvalue weighted by molar-refractivity contribution is -0.110. The van der Waals surface area contributed by atoms with E-state index in [1.54, 1.807) is 12.1 Å². The topological polar surface area (TPSA) is 66.4 Å². The molecule has 2 heterocycles. The van der Waals surface area contributed by atoms with Crippen LogP contribution in [0.5, 0.6) is 0 Å². The van der Waals surface area contributed by atoms with Gasteiger partial charge in [0.1, 0.15) is 11.5 Å². The number of aromatic nitrogens is 1. The lowest BCUT2D eigenvalue weighted by Crippen LogP contribution is -2.28. The second kappa shape index (κ2) is 6.29. The summed E-state index contributed by atoms with van der Waals surface area (Å²) in [6.07, 6.45) is 1.23. The summed E-state index contributed by atoms with van der Waals surface area (Å²) in [7, 11) is 0. The number of allylic oxidation sites excluding steroid dienone is 1. The van der Waals surface area contributed by atoms with Gasteiger partial charge < -0.3 is 0 Å². The third kappa shape index (κ3) is 3.45. The quantitative estimate of drug-likeness (QED) is 0.906. The number of nitrogens with zero attached hydrogens (tertiary/aromatic N) is 2. The summed E-state index contributed by atoms with van der Waals surface area (Å²) in [5.41, 5.74) is 5.50. The van der Waals surface area contributed by atoms with Gasteiger partial charge in [-0.05, 0) is 37.6 Å². The van der Waals surface area contributed by atoms with Gasteiger partial charge in [0.15, 0.2) is 5.13 Å². The minimum atomic E-state index is -0.292. The standard InChI is InChI=1S/C16H15FN4OS/c1-9-3-8-13(21-20-9)15(22)19-16-18-14(10(2)23-16)11-4-6-12(17)7-5-11/h4-7,20H,1,3,8H2,2H3,(H,18,19,22). The molecule has 2 aromatic rings. The first kappa shape index (κ1) is 15.4. The zero-order valence-electron chi connectivity index (χ0n) is 12.5. The average Bonchev–Trinajstić information content (AvgIpc) is 2.89. The Balaban J connectivity index is 1.77. The average molecular weight is 330 g/mol. The predicted octanol–water partition coefficient (Wildman–Crippen LogP) is 3.45. The van der Waals surface area contributed by atoms with Crippen LogP contribution in [-0.4, -0.2) is 16.6 Å². The molecular weight excluding hydrogens is 315 g/mol. The molecule has 0 saturated carbocycles. The summed E-state index contributed by atoms with van der Waals surface area (Å²) >= 11 is 1.38. The van der Waals surface area contributed by atoms with E-state index in [2.05, 4.69) is 27.4 Å². The zero-order valence-corrected chi connectivity index (χ0v) is 13.3. The Morgan fingerprint density at radius 2 is 2.09 bits per heavy atom. The number of thiazole rings is 1. The maximum Gasteiger partial charge on any atom is 0.273 e. The molecule has 0 radical (unpaired) electrons. The molecule has 0 unspecified atom stereocenters. The van der Waals surface area contributed by atoms with Gasteiger partial charge in [-0.3, -0.25) is 15.5 Å². The number of nitrogens with one attached hydrogen (secondary N) is 2. The van der Waals surface area contributed by atoms with Crippen molar-refractivity contribution in [2.24, 2.45) is 5.10 Å². The minimum absolute atomic E-state index is 0.274. The van der Waals surface area contributed by atoms with Crippen molar-refractivity contribution in [3.63, 3.8) is 0 Å². The van der Waals surface area contributed by atoms with Gasteiger partial charge in [-0.2, -0.15) is 5.10 Å². The summed E-state index contributed by atoms with van der Waals surface area (Å²) in [4.78, 5) is 17.6. The van der Waals surface area contributed by atoms with Crippen molar-refractivity contribution in [2.45, 2.75) is 19.8 Å². The molecule has 0 bridgehead atoms. The van der Waals surface area contributed by atoms with E-state index < -0.39 is 0 Å². The lowest BCUT2D eigenvalue weighted by atomic mass is 10.1. The van der Waals surface area contributed by atoms with Gasteiger partial charge in [0.25, 0.3) is 5.91 Å². The number of carbonyl (C=O) groups excluding carboxylic acids is 1. The van der Waals surface area contributed by atoms with Crippen LogP contribution in [0.1, 0.15) is 17.7 Å². The fourth-order valence-electron chi connectivity index (χ4n) is 2.19. The van der Waals surface area contributed by atoms with Crippen LogP contribution in [0.25, 0.3) is 11.3 Å². The number of amides is 1. The molecule has 0 aliphatic carbocycles. The molecule has 1 aliphatic rings. The molecule has 5 nitrogen and oxygen atoms in total. The summed E-state index contributed by atoms with van der Waals surface area (Å²) in [5, 5.41) is 7.26. The molecule has 1 aliphatic heterocycles. The number of hydrogen-bond donors (Lipinski definition) is 2. The molecule has 1 aromatic carbocycles. The van der Waals surface area contributed by atoms with Crippen LogP contribution in [0.15, 0.2) is 41.6 Å². The van der Waals surface area contributed by atoms with E-state index >= 15 is 0 Å². The van der Waals surface area contributed by atoms with Crippen LogP contribution >= 0.6 is 11.3 Å². The van der Waals surface area contributed by atoms with Crippen LogP contribution in [0.4, 0.5) is 9.52 Å². The van der Waals surface area contributed by atoms with Gasteiger partial charge in [-0.15, -0.1) is 11.3 Å². The second-order valence-corrected chi connectivity index (χ2v) is 6.36. The molecule has 1 amide bonds. The van der Waals surface area contributed by atoms with E-state index in [-0.39, 0.29) is 11.7 Å². The Labute approximate surface area is 136 Å². The van der Waals surface area contributed by atoms with E-state index in [1.807, 2.05) is 6.92 Å². The number of aryl methyl sites for hydroxylation is 1. The minimum Gasteiger partial charge on any atom is -0.297 e. The molecular formula is C16H15FN4OS. The maximum absolute atomic E-state index is 13.0. The monoisotopic (exact) mass is 330 g/mol. The summed E-state index contributed by atoms with van der Waals surface area (Å²) in [5.74, 6) is -0.566. The van der Waals surface area contributed by atoms with E-state index in [0.717, 1.165) is 21.8 Å². The van der Waals surface area contributed by atoms with Gasteiger partial charge in [0.05, 0.1) is 5.69 Å². The first-order valence-corrected chi connectivity index (χ1v) is 7.89. The third-order valence-corrected chi connectivity index (χ3v) is 4.30. The number of halogens is 1. The van der Waals surface area contributed by atoms with Crippen LogP contribution in [0.3, 0.4) is 0 Å². The van der Waals surface area contributed by atoms with Crippen molar-refractivity contribution >= 4 is 28.1 Å². The number of carbonyl (C=O) groups is 1. The first-order valence-electron chi connectivity index (χ1n) is 7.08. The van der Waals surface area contributed by atoms with Crippen LogP contribution in [0, 0.1) is 12.7 Å². The molecule has 2 N–H and O–H groups in total. The summed E-state index contributed by atoms with van der Waals surface area (Å²) in [6.45, 7) is 5.67. The normalized spacial score (nSPS) is 14.2. The fourth-order valence-corrected chi connectivity index (χ4v) is 3.02. The Hall–Kier alpha value is -2.54. The summed E-state index contributed by atoms with van der Waals surface area (Å²) < 4.78 is 13.0. The molecule has 0 atom stereocenters. The van der Waals surface area contributed by atoms with E-state index in [0.29, 0.717) is 23.7 Å². The largest absolute Gasteiger partial charge is 0.297 e. The highest BCUT2D eigenvalue weighted by Crippen LogP contribution is 2.30. The van der Waals surface area contributed by atoms with Crippen molar-refractivity contribution in [2.75, 3.05) is 5.32 Å². The number of anilines is 1. The van der Waals surface area contributed by atoms with Gasteiger partial charge >= 0.3 is 0 Å². The first-order chi connectivity index (χ1) is 11.0. The zero-order chi connectivity index (χ0) is 16.4. The molecule has 1 aromatic heterocycles. The third-order valence-electron chi connectivity index (χ3n) is 3.41. The lowest BCUT2D eigenvalue weighted by Gasteiger charge is -2.13. The summed E-state index contributed by atoms with van der Waals surface area (Å²) in [6, 6.07) is 6.12. The molecule has 0 spiro atoms. The highest BCUT2D eigenvalue weighted by molar-refractivity contribution is 7.16. The maximum atomic E-state index is 13.0. The number of benzene rings is 1. The van der Waals surface area contributed by atoms with E-state index in [9.17, 15) is 9.18 Å². The van der Waals surface area contributed by atoms with Crippen LogP contribution in [0.2, 0.25) is 0 Å². The van der Waals surface area contributed by atoms with Crippen LogP contribution in [-0.2, 0) is 4.79 Å². The second-order valence-electron chi connectivity index (χ2n) is 5.16. The van der Waals surface area contributed by atoms with Crippen molar-refractivity contribution in [3.8, 4) is 11.3 Å². The number of rotatable bonds is 3. The Morgan fingerprint density at radius 1 is 1.35 bits per heavy atom. The van der Waals surface area contributed by atoms with Crippen molar-refractivity contribution in [3.05, 3.63) is 47.2 Å². The van der Waals surface area contributed by atoms with Crippen LogP contribution < -0.4 is 10.7 Å². The molecule has 0 saturated heterocycles. The highest BCUT2D eigenvalue weighted by Gasteiger charge is 2.18. The highest BCUT2D eigenvalue weighted by atomic mass is 32.1. The van der Waals surface area contributed by atoms with E-state index in [1.165, 1.54) is 23.5 Å². The SMILES string of the molecule is C=C1CCC(C(=O)Nc2nc(-c3ccc(F)cc3)c(C)s2)=NN1.